The first-order chi connectivity index (χ1) is 10.5. The highest BCUT2D eigenvalue weighted by molar-refractivity contribution is 5.18. The molecule has 2 aliphatic carbocycles. The second kappa shape index (κ2) is 6.02. The van der Waals surface area contributed by atoms with Crippen molar-refractivity contribution in [1.82, 2.24) is 0 Å². The zero-order valence-electron chi connectivity index (χ0n) is 15.3. The highest BCUT2D eigenvalue weighted by Gasteiger charge is 2.64. The van der Waals surface area contributed by atoms with Gasteiger partial charge >= 0.3 is 0 Å². The van der Waals surface area contributed by atoms with Crippen LogP contribution in [0, 0.1) is 22.7 Å². The first-order valence-corrected chi connectivity index (χ1v) is 8.86. The van der Waals surface area contributed by atoms with Gasteiger partial charge in [0.2, 0.25) is 0 Å². The number of aliphatic hydroxyl groups is 3. The standard InChI is InChI=1S/C20H34O3/c1-7-13(2)9-10-14-19(5)12-8-11-18(3,4)16(19)15(21)17(22)20(14,6)23/h7,9,14-17,21-23H,1,8,10-12H2,2-6H3/b13-9+/t14-,15-,16-,17-,19-,20-/m0/s1. The first kappa shape index (κ1) is 18.7. The van der Waals surface area contributed by atoms with Crippen LogP contribution in [0.3, 0.4) is 0 Å². The number of fused-ring (bicyclic) bond motifs is 1. The van der Waals surface area contributed by atoms with E-state index >= 15 is 0 Å². The van der Waals surface area contributed by atoms with Crippen molar-refractivity contribution in [3.8, 4) is 0 Å². The van der Waals surface area contributed by atoms with Gasteiger partial charge in [-0.25, -0.2) is 0 Å². The van der Waals surface area contributed by atoms with Crippen LogP contribution in [0.1, 0.15) is 60.3 Å². The van der Waals surface area contributed by atoms with Crippen LogP contribution in [0.5, 0.6) is 0 Å². The fourth-order valence-electron chi connectivity index (χ4n) is 5.67. The largest absolute Gasteiger partial charge is 0.390 e. The lowest BCUT2D eigenvalue weighted by atomic mass is 9.43. The Labute approximate surface area is 141 Å². The average molecular weight is 322 g/mol. The minimum atomic E-state index is -1.30. The van der Waals surface area contributed by atoms with E-state index in [1.54, 1.807) is 6.92 Å². The lowest BCUT2D eigenvalue weighted by Gasteiger charge is -2.64. The molecule has 2 rings (SSSR count). The molecule has 3 N–H and O–H groups in total. The molecular formula is C20H34O3. The lowest BCUT2D eigenvalue weighted by Crippen LogP contribution is -2.69. The van der Waals surface area contributed by atoms with Crippen LogP contribution in [0.15, 0.2) is 24.3 Å². The van der Waals surface area contributed by atoms with E-state index in [9.17, 15) is 15.3 Å². The third-order valence-corrected chi connectivity index (χ3v) is 6.85. The Balaban J connectivity index is 2.49. The van der Waals surface area contributed by atoms with E-state index < -0.39 is 17.8 Å². The monoisotopic (exact) mass is 322 g/mol. The summed E-state index contributed by atoms with van der Waals surface area (Å²) in [7, 11) is 0. The van der Waals surface area contributed by atoms with Gasteiger partial charge in [0.15, 0.2) is 0 Å². The molecule has 132 valence electrons. The molecule has 0 bridgehead atoms. The summed E-state index contributed by atoms with van der Waals surface area (Å²) < 4.78 is 0. The van der Waals surface area contributed by atoms with Gasteiger partial charge in [-0.05, 0) is 55.8 Å². The fraction of sp³-hybridized carbons (Fsp3) is 0.800. The molecule has 2 fully saturated rings. The Hall–Kier alpha value is -0.640. The summed E-state index contributed by atoms with van der Waals surface area (Å²) in [5, 5.41) is 32.5. The van der Waals surface area contributed by atoms with Crippen molar-refractivity contribution < 1.29 is 15.3 Å². The number of allylic oxidation sites excluding steroid dienone is 3. The van der Waals surface area contributed by atoms with E-state index in [1.165, 1.54) is 0 Å². The van der Waals surface area contributed by atoms with Crippen LogP contribution >= 0.6 is 0 Å². The average Bonchev–Trinajstić information content (AvgIpc) is 2.43. The van der Waals surface area contributed by atoms with Crippen LogP contribution in [0.2, 0.25) is 0 Å². The Morgan fingerprint density at radius 2 is 1.78 bits per heavy atom. The smallest absolute Gasteiger partial charge is 0.109 e. The van der Waals surface area contributed by atoms with Crippen molar-refractivity contribution in [2.75, 3.05) is 0 Å². The minimum absolute atomic E-state index is 0.0126. The van der Waals surface area contributed by atoms with Crippen molar-refractivity contribution in [2.45, 2.75) is 78.1 Å². The summed E-state index contributed by atoms with van der Waals surface area (Å²) in [5.74, 6) is -0.103. The normalized spacial score (nSPS) is 47.0. The maximum Gasteiger partial charge on any atom is 0.109 e. The maximum absolute atomic E-state index is 11.1. The topological polar surface area (TPSA) is 60.7 Å². The predicted octanol–water partition coefficient (Wildman–Crippen LogP) is 3.44. The summed E-state index contributed by atoms with van der Waals surface area (Å²) in [6.07, 6.45) is 5.73. The molecule has 0 heterocycles. The molecule has 0 saturated heterocycles. The van der Waals surface area contributed by atoms with E-state index in [1.807, 2.05) is 13.0 Å². The molecule has 23 heavy (non-hydrogen) atoms. The zero-order chi connectivity index (χ0) is 17.6. The molecule has 0 radical (unpaired) electrons. The van der Waals surface area contributed by atoms with E-state index in [0.29, 0.717) is 6.42 Å². The molecule has 0 amide bonds. The number of aliphatic hydroxyl groups excluding tert-OH is 2. The van der Waals surface area contributed by atoms with Gasteiger partial charge < -0.3 is 15.3 Å². The van der Waals surface area contributed by atoms with Gasteiger partial charge in [0.05, 0.1) is 11.7 Å². The summed E-state index contributed by atoms with van der Waals surface area (Å²) in [6.45, 7) is 14.0. The zero-order valence-corrected chi connectivity index (χ0v) is 15.3. The van der Waals surface area contributed by atoms with E-state index in [4.69, 9.17) is 0 Å². The molecule has 3 heteroatoms. The van der Waals surface area contributed by atoms with Crippen molar-refractivity contribution in [2.24, 2.45) is 22.7 Å². The van der Waals surface area contributed by atoms with Gasteiger partial charge in [0.1, 0.15) is 6.10 Å². The SMILES string of the molecule is C=C/C(C)=C/C[C@@H]1[C@](C)(O)[C@@H](O)[C@@H](O)[C@H]2C(C)(C)CCC[C@@]12C. The number of hydrogen-bond acceptors (Lipinski definition) is 3. The van der Waals surface area contributed by atoms with E-state index in [-0.39, 0.29) is 22.7 Å². The summed E-state index contributed by atoms with van der Waals surface area (Å²) in [6, 6.07) is 0. The quantitative estimate of drug-likeness (QED) is 0.698. The Morgan fingerprint density at radius 3 is 2.35 bits per heavy atom. The van der Waals surface area contributed by atoms with Gasteiger partial charge in [-0.1, -0.05) is 51.5 Å². The Bertz CT molecular complexity index is 491. The van der Waals surface area contributed by atoms with Crippen LogP contribution < -0.4 is 0 Å². The Morgan fingerprint density at radius 1 is 1.17 bits per heavy atom. The molecule has 6 atom stereocenters. The number of rotatable bonds is 3. The molecule has 2 aliphatic rings. The van der Waals surface area contributed by atoms with E-state index in [2.05, 4.69) is 33.4 Å². The second-order valence-electron chi connectivity index (χ2n) is 8.93. The van der Waals surface area contributed by atoms with Crippen molar-refractivity contribution >= 4 is 0 Å². The minimum Gasteiger partial charge on any atom is -0.390 e. The van der Waals surface area contributed by atoms with Gasteiger partial charge in [-0.15, -0.1) is 0 Å². The third-order valence-electron chi connectivity index (χ3n) is 6.85. The van der Waals surface area contributed by atoms with Crippen LogP contribution in [0.4, 0.5) is 0 Å². The van der Waals surface area contributed by atoms with E-state index in [0.717, 1.165) is 24.8 Å². The highest BCUT2D eigenvalue weighted by Crippen LogP contribution is 2.62. The molecule has 0 spiro atoms. The van der Waals surface area contributed by atoms with Crippen LogP contribution in [0.25, 0.3) is 0 Å². The lowest BCUT2D eigenvalue weighted by molar-refractivity contribution is -0.265. The van der Waals surface area contributed by atoms with Crippen molar-refractivity contribution in [1.29, 1.82) is 0 Å². The third kappa shape index (κ3) is 2.92. The van der Waals surface area contributed by atoms with Gasteiger partial charge in [0.25, 0.3) is 0 Å². The molecular weight excluding hydrogens is 288 g/mol. The first-order valence-electron chi connectivity index (χ1n) is 8.86. The molecule has 2 saturated carbocycles. The molecule has 3 nitrogen and oxygen atoms in total. The molecule has 0 aromatic heterocycles. The summed E-state index contributed by atoms with van der Waals surface area (Å²) in [4.78, 5) is 0. The van der Waals surface area contributed by atoms with Crippen molar-refractivity contribution in [3.63, 3.8) is 0 Å². The van der Waals surface area contributed by atoms with Gasteiger partial charge in [-0.2, -0.15) is 0 Å². The summed E-state index contributed by atoms with van der Waals surface area (Å²) >= 11 is 0. The Kier molecular flexibility index (Phi) is 4.89. The highest BCUT2D eigenvalue weighted by atomic mass is 16.4. The van der Waals surface area contributed by atoms with Crippen molar-refractivity contribution in [3.05, 3.63) is 24.3 Å². The molecule has 0 aromatic carbocycles. The molecule has 0 unspecified atom stereocenters. The van der Waals surface area contributed by atoms with Crippen LogP contribution in [-0.2, 0) is 0 Å². The fourth-order valence-corrected chi connectivity index (χ4v) is 5.67. The van der Waals surface area contributed by atoms with Gasteiger partial charge in [0, 0.05) is 0 Å². The summed E-state index contributed by atoms with van der Waals surface area (Å²) in [5.41, 5.74) is -0.450. The number of hydrogen-bond donors (Lipinski definition) is 3. The predicted molar refractivity (Wildman–Crippen MR) is 93.9 cm³/mol. The second-order valence-corrected chi connectivity index (χ2v) is 8.93. The molecule has 0 aromatic rings. The van der Waals surface area contributed by atoms with Gasteiger partial charge in [-0.3, -0.25) is 0 Å². The maximum atomic E-state index is 11.1. The molecule has 0 aliphatic heterocycles. The van der Waals surface area contributed by atoms with Crippen LogP contribution in [-0.4, -0.2) is 33.1 Å².